The normalized spacial score (nSPS) is 16.1. The minimum atomic E-state index is -0.134. The summed E-state index contributed by atoms with van der Waals surface area (Å²) in [6.45, 7) is 9.42. The zero-order chi connectivity index (χ0) is 15.3. The summed E-state index contributed by atoms with van der Waals surface area (Å²) in [6, 6.07) is 0.257. The van der Waals surface area contributed by atoms with Crippen molar-refractivity contribution in [2.45, 2.75) is 104 Å². The zero-order valence-electron chi connectivity index (χ0n) is 14.3. The van der Waals surface area contributed by atoms with Crippen LogP contribution in [0, 0.1) is 0 Å². The highest BCUT2D eigenvalue weighted by molar-refractivity contribution is 4.87. The average molecular weight is 287 g/mol. The first-order valence-corrected chi connectivity index (χ1v) is 8.74. The van der Waals surface area contributed by atoms with Gasteiger partial charge in [-0.2, -0.15) is 0 Å². The topological polar surface area (TPSA) is 47.3 Å². The second-order valence-corrected chi connectivity index (χ2v) is 6.08. The summed E-state index contributed by atoms with van der Waals surface area (Å²) >= 11 is 0. The molecule has 20 heavy (non-hydrogen) atoms. The molecule has 0 aromatic carbocycles. The van der Waals surface area contributed by atoms with E-state index in [1.165, 1.54) is 51.4 Å². The Morgan fingerprint density at radius 3 is 1.95 bits per heavy atom. The molecule has 0 heterocycles. The number of hydrogen-bond acceptors (Lipinski definition) is 3. The Morgan fingerprint density at radius 2 is 1.50 bits per heavy atom. The predicted molar refractivity (Wildman–Crippen MR) is 88.7 cm³/mol. The number of hydrogen-bond donors (Lipinski definition) is 2. The molecule has 122 valence electrons. The maximum absolute atomic E-state index is 5.91. The average Bonchev–Trinajstić information content (AvgIpc) is 2.46. The molecule has 0 aromatic rings. The fraction of sp³-hybridized carbons (Fsp3) is 1.00. The lowest BCUT2D eigenvalue weighted by atomic mass is 9.89. The Kier molecular flexibility index (Phi) is 12.5. The smallest absolute Gasteiger partial charge is 0.0817 e. The predicted octanol–water partition coefficient (Wildman–Crippen LogP) is 4.55. The van der Waals surface area contributed by atoms with Gasteiger partial charge in [0.05, 0.1) is 5.60 Å². The highest BCUT2D eigenvalue weighted by atomic mass is 16.5. The quantitative estimate of drug-likeness (QED) is 0.280. The zero-order valence-corrected chi connectivity index (χ0v) is 14.3. The minimum Gasteiger partial charge on any atom is -0.374 e. The fourth-order valence-electron chi connectivity index (χ4n) is 2.83. The number of nitrogens with two attached hydrogens (primary N) is 1. The van der Waals surface area contributed by atoms with Crippen molar-refractivity contribution in [3.63, 3.8) is 0 Å². The molecule has 3 heteroatoms. The third-order valence-electron chi connectivity index (χ3n) is 4.46. The highest BCUT2D eigenvalue weighted by Gasteiger charge is 2.31. The SMILES string of the molecule is CCCCCCCCCCC(NN)C(C)(CC)OCC. The number of nitrogens with one attached hydrogen (secondary N) is 1. The molecule has 0 aromatic heterocycles. The first-order valence-electron chi connectivity index (χ1n) is 8.74. The van der Waals surface area contributed by atoms with Crippen LogP contribution >= 0.6 is 0 Å². The molecule has 0 amide bonds. The third kappa shape index (κ3) is 8.23. The van der Waals surface area contributed by atoms with Gasteiger partial charge in [0, 0.05) is 12.6 Å². The van der Waals surface area contributed by atoms with Gasteiger partial charge in [0.15, 0.2) is 0 Å². The summed E-state index contributed by atoms with van der Waals surface area (Å²) in [6.07, 6.45) is 12.9. The molecule has 0 rings (SSSR count). The van der Waals surface area contributed by atoms with Gasteiger partial charge < -0.3 is 4.74 Å². The molecule has 0 saturated carbocycles. The largest absolute Gasteiger partial charge is 0.374 e. The van der Waals surface area contributed by atoms with E-state index in [0.717, 1.165) is 19.4 Å². The van der Waals surface area contributed by atoms with Gasteiger partial charge in [0.25, 0.3) is 0 Å². The summed E-state index contributed by atoms with van der Waals surface area (Å²) in [7, 11) is 0. The summed E-state index contributed by atoms with van der Waals surface area (Å²) in [5, 5.41) is 0. The first-order chi connectivity index (χ1) is 9.64. The molecule has 3 N–H and O–H groups in total. The van der Waals surface area contributed by atoms with Crippen molar-refractivity contribution in [3.8, 4) is 0 Å². The number of unbranched alkanes of at least 4 members (excludes halogenated alkanes) is 7. The van der Waals surface area contributed by atoms with E-state index in [9.17, 15) is 0 Å². The van der Waals surface area contributed by atoms with E-state index in [4.69, 9.17) is 10.6 Å². The molecule has 0 aliphatic carbocycles. The Morgan fingerprint density at radius 1 is 0.950 bits per heavy atom. The Labute approximate surface area is 127 Å². The number of ether oxygens (including phenoxy) is 1. The van der Waals surface area contributed by atoms with Gasteiger partial charge in [-0.05, 0) is 26.7 Å². The lowest BCUT2D eigenvalue weighted by Gasteiger charge is -2.36. The van der Waals surface area contributed by atoms with Crippen LogP contribution in [0.1, 0.15) is 91.9 Å². The van der Waals surface area contributed by atoms with Crippen LogP contribution in [0.25, 0.3) is 0 Å². The molecule has 2 unspecified atom stereocenters. The molecule has 0 radical (unpaired) electrons. The van der Waals surface area contributed by atoms with Gasteiger partial charge in [0.1, 0.15) is 0 Å². The van der Waals surface area contributed by atoms with Crippen LogP contribution in [0.2, 0.25) is 0 Å². The van der Waals surface area contributed by atoms with E-state index >= 15 is 0 Å². The summed E-state index contributed by atoms with van der Waals surface area (Å²) in [5.74, 6) is 5.73. The lowest BCUT2D eigenvalue weighted by molar-refractivity contribution is -0.0575. The highest BCUT2D eigenvalue weighted by Crippen LogP contribution is 2.24. The monoisotopic (exact) mass is 286 g/mol. The Bertz CT molecular complexity index is 211. The Hall–Kier alpha value is -0.120. The summed E-state index contributed by atoms with van der Waals surface area (Å²) in [5.41, 5.74) is 2.84. The Balaban J connectivity index is 3.78. The van der Waals surface area contributed by atoms with Gasteiger partial charge in [-0.3, -0.25) is 11.3 Å². The standard InChI is InChI=1S/C17H38N2O/c1-5-8-9-10-11-12-13-14-15-16(19-18)17(4,6-2)20-7-3/h16,19H,5-15,18H2,1-4H3. The van der Waals surface area contributed by atoms with Crippen LogP contribution in [0.5, 0.6) is 0 Å². The molecule has 2 atom stereocenters. The minimum absolute atomic E-state index is 0.134. The molecular formula is C17H38N2O. The van der Waals surface area contributed by atoms with Crippen LogP contribution in [0.15, 0.2) is 0 Å². The van der Waals surface area contributed by atoms with Crippen LogP contribution < -0.4 is 11.3 Å². The van der Waals surface area contributed by atoms with Crippen LogP contribution in [-0.4, -0.2) is 18.2 Å². The van der Waals surface area contributed by atoms with Crippen molar-refractivity contribution in [2.24, 2.45) is 5.84 Å². The summed E-state index contributed by atoms with van der Waals surface area (Å²) < 4.78 is 5.91. The summed E-state index contributed by atoms with van der Waals surface area (Å²) in [4.78, 5) is 0. The van der Waals surface area contributed by atoms with Crippen molar-refractivity contribution < 1.29 is 4.74 Å². The van der Waals surface area contributed by atoms with Crippen LogP contribution in [-0.2, 0) is 4.74 Å². The van der Waals surface area contributed by atoms with Crippen molar-refractivity contribution in [3.05, 3.63) is 0 Å². The fourth-order valence-corrected chi connectivity index (χ4v) is 2.83. The van der Waals surface area contributed by atoms with E-state index in [1.54, 1.807) is 0 Å². The van der Waals surface area contributed by atoms with Crippen molar-refractivity contribution in [1.29, 1.82) is 0 Å². The molecular weight excluding hydrogens is 248 g/mol. The molecule has 0 aliphatic rings. The van der Waals surface area contributed by atoms with Gasteiger partial charge in [-0.15, -0.1) is 0 Å². The second kappa shape index (κ2) is 12.6. The molecule has 0 fully saturated rings. The number of rotatable bonds is 14. The number of hydrazine groups is 1. The van der Waals surface area contributed by atoms with Crippen molar-refractivity contribution >= 4 is 0 Å². The molecule has 0 bridgehead atoms. The maximum Gasteiger partial charge on any atom is 0.0817 e. The maximum atomic E-state index is 5.91. The van der Waals surface area contributed by atoms with Crippen molar-refractivity contribution in [1.82, 2.24) is 5.43 Å². The van der Waals surface area contributed by atoms with Crippen LogP contribution in [0.3, 0.4) is 0 Å². The van der Waals surface area contributed by atoms with E-state index in [1.807, 2.05) is 0 Å². The van der Waals surface area contributed by atoms with E-state index in [2.05, 4.69) is 33.1 Å². The lowest BCUT2D eigenvalue weighted by Crippen LogP contribution is -2.52. The van der Waals surface area contributed by atoms with E-state index in [0.29, 0.717) is 0 Å². The van der Waals surface area contributed by atoms with Gasteiger partial charge in [0.2, 0.25) is 0 Å². The molecule has 0 spiro atoms. The van der Waals surface area contributed by atoms with Crippen molar-refractivity contribution in [2.75, 3.05) is 6.61 Å². The van der Waals surface area contributed by atoms with Gasteiger partial charge >= 0.3 is 0 Å². The molecule has 0 saturated heterocycles. The first kappa shape index (κ1) is 19.9. The van der Waals surface area contributed by atoms with Gasteiger partial charge in [-0.25, -0.2) is 0 Å². The molecule has 0 aliphatic heterocycles. The molecule has 3 nitrogen and oxygen atoms in total. The van der Waals surface area contributed by atoms with E-state index in [-0.39, 0.29) is 11.6 Å². The second-order valence-electron chi connectivity index (χ2n) is 6.08. The van der Waals surface area contributed by atoms with Crippen LogP contribution in [0.4, 0.5) is 0 Å². The van der Waals surface area contributed by atoms with Gasteiger partial charge in [-0.1, -0.05) is 65.2 Å². The third-order valence-corrected chi connectivity index (χ3v) is 4.46. The van der Waals surface area contributed by atoms with E-state index < -0.39 is 0 Å².